The smallest absolute Gasteiger partial charge is 0.309 e. The summed E-state index contributed by atoms with van der Waals surface area (Å²) in [5, 5.41) is 0. The molecule has 1 aromatic rings. The molecule has 18 heavy (non-hydrogen) atoms. The summed E-state index contributed by atoms with van der Waals surface area (Å²) in [5.41, 5.74) is 1.19. The maximum atomic E-state index is 11.4. The lowest BCUT2D eigenvalue weighted by Gasteiger charge is -2.04. The van der Waals surface area contributed by atoms with Gasteiger partial charge < -0.3 is 9.47 Å². The van der Waals surface area contributed by atoms with E-state index in [1.54, 1.807) is 0 Å². The molecule has 0 bridgehead atoms. The molecule has 0 radical (unpaired) electrons. The molecule has 3 nitrogen and oxygen atoms in total. The number of ether oxygens (including phenoxy) is 2. The van der Waals surface area contributed by atoms with Crippen LogP contribution in [0.25, 0.3) is 0 Å². The number of carbonyl (C=O) groups is 1. The average molecular weight is 248 g/mol. The van der Waals surface area contributed by atoms with Gasteiger partial charge in [0, 0.05) is 6.61 Å². The molecule has 2 atom stereocenters. The lowest BCUT2D eigenvalue weighted by Crippen LogP contribution is -2.08. The van der Waals surface area contributed by atoms with Crippen LogP contribution in [0.3, 0.4) is 0 Å². The maximum absolute atomic E-state index is 11.4. The highest BCUT2D eigenvalue weighted by molar-refractivity contribution is 5.75. The van der Waals surface area contributed by atoms with Crippen molar-refractivity contribution in [3.63, 3.8) is 0 Å². The molecule has 0 heterocycles. The molecule has 2 rings (SSSR count). The second kappa shape index (κ2) is 6.55. The van der Waals surface area contributed by atoms with E-state index in [2.05, 4.69) is 12.1 Å². The lowest BCUT2D eigenvalue weighted by molar-refractivity contribution is -0.145. The quantitative estimate of drug-likeness (QED) is 0.550. The molecular formula is C15H20O3. The van der Waals surface area contributed by atoms with Crippen molar-refractivity contribution in [3.05, 3.63) is 35.9 Å². The third kappa shape index (κ3) is 3.84. The van der Waals surface area contributed by atoms with Gasteiger partial charge in [-0.15, -0.1) is 0 Å². The van der Waals surface area contributed by atoms with Gasteiger partial charge in [-0.1, -0.05) is 30.3 Å². The summed E-state index contributed by atoms with van der Waals surface area (Å²) >= 11 is 0. The minimum Gasteiger partial charge on any atom is -0.466 e. The minimum absolute atomic E-state index is 0.0365. The number of carbonyl (C=O) groups excluding carboxylic acids is 1. The molecule has 1 aliphatic rings. The van der Waals surface area contributed by atoms with Crippen molar-refractivity contribution in [2.75, 3.05) is 13.2 Å². The zero-order chi connectivity index (χ0) is 12.8. The standard InChI is InChI=1S/C15H20O3/c1-2-18-15(16)14-10-13(14)8-9-17-11-12-6-4-3-5-7-12/h3-7,13-14H,2,8-11H2,1H3. The Bertz CT molecular complexity index is 375. The van der Waals surface area contributed by atoms with Crippen molar-refractivity contribution in [2.45, 2.75) is 26.4 Å². The molecule has 0 aliphatic heterocycles. The first kappa shape index (κ1) is 13.1. The third-order valence-corrected chi connectivity index (χ3v) is 3.26. The Hall–Kier alpha value is -1.35. The molecular weight excluding hydrogens is 228 g/mol. The number of hydrogen-bond donors (Lipinski definition) is 0. The van der Waals surface area contributed by atoms with Crippen molar-refractivity contribution < 1.29 is 14.3 Å². The average Bonchev–Trinajstić information content (AvgIpc) is 3.16. The maximum Gasteiger partial charge on any atom is 0.309 e. The number of rotatable bonds is 7. The van der Waals surface area contributed by atoms with Crippen LogP contribution in [0, 0.1) is 11.8 Å². The Balaban J connectivity index is 1.56. The lowest BCUT2D eigenvalue weighted by atomic mass is 10.2. The third-order valence-electron chi connectivity index (χ3n) is 3.26. The van der Waals surface area contributed by atoms with Gasteiger partial charge in [-0.05, 0) is 31.2 Å². The van der Waals surface area contributed by atoms with E-state index in [1.807, 2.05) is 25.1 Å². The van der Waals surface area contributed by atoms with Gasteiger partial charge in [-0.3, -0.25) is 4.79 Å². The Morgan fingerprint density at radius 2 is 2.11 bits per heavy atom. The van der Waals surface area contributed by atoms with Crippen LogP contribution in [-0.4, -0.2) is 19.2 Å². The van der Waals surface area contributed by atoms with Gasteiger partial charge in [0.15, 0.2) is 0 Å². The van der Waals surface area contributed by atoms with Crippen LogP contribution in [0.2, 0.25) is 0 Å². The SMILES string of the molecule is CCOC(=O)C1CC1CCOCc1ccccc1. The summed E-state index contributed by atoms with van der Waals surface area (Å²) in [4.78, 5) is 11.4. The monoisotopic (exact) mass is 248 g/mol. The van der Waals surface area contributed by atoms with Gasteiger partial charge in [0.05, 0.1) is 19.1 Å². The van der Waals surface area contributed by atoms with E-state index >= 15 is 0 Å². The topological polar surface area (TPSA) is 35.5 Å². The second-order valence-electron chi connectivity index (χ2n) is 4.68. The summed E-state index contributed by atoms with van der Waals surface area (Å²) in [6, 6.07) is 10.1. The molecule has 98 valence electrons. The van der Waals surface area contributed by atoms with Gasteiger partial charge in [0.1, 0.15) is 0 Å². The van der Waals surface area contributed by atoms with Crippen LogP contribution < -0.4 is 0 Å². The van der Waals surface area contributed by atoms with Crippen molar-refractivity contribution in [1.82, 2.24) is 0 Å². The van der Waals surface area contributed by atoms with E-state index in [9.17, 15) is 4.79 Å². The van der Waals surface area contributed by atoms with Crippen LogP contribution >= 0.6 is 0 Å². The molecule has 0 N–H and O–H groups in total. The highest BCUT2D eigenvalue weighted by atomic mass is 16.5. The van der Waals surface area contributed by atoms with Crippen molar-refractivity contribution in [1.29, 1.82) is 0 Å². The molecule has 1 saturated carbocycles. The number of benzene rings is 1. The van der Waals surface area contributed by atoms with E-state index < -0.39 is 0 Å². The summed E-state index contributed by atoms with van der Waals surface area (Å²) < 4.78 is 10.6. The Morgan fingerprint density at radius 1 is 1.33 bits per heavy atom. The molecule has 1 fully saturated rings. The van der Waals surface area contributed by atoms with Crippen LogP contribution in [0.4, 0.5) is 0 Å². The molecule has 1 aliphatic carbocycles. The van der Waals surface area contributed by atoms with Gasteiger partial charge in [0.2, 0.25) is 0 Å². The van der Waals surface area contributed by atoms with Gasteiger partial charge in [-0.25, -0.2) is 0 Å². The van der Waals surface area contributed by atoms with E-state index in [4.69, 9.17) is 9.47 Å². The van der Waals surface area contributed by atoms with Crippen molar-refractivity contribution in [2.24, 2.45) is 11.8 Å². The Morgan fingerprint density at radius 3 is 2.83 bits per heavy atom. The highest BCUT2D eigenvalue weighted by Gasteiger charge is 2.43. The number of hydrogen-bond acceptors (Lipinski definition) is 3. The van der Waals surface area contributed by atoms with Crippen molar-refractivity contribution >= 4 is 5.97 Å². The Labute approximate surface area is 108 Å². The first-order valence-electron chi connectivity index (χ1n) is 6.59. The molecule has 2 unspecified atom stereocenters. The normalized spacial score (nSPS) is 21.6. The Kier molecular flexibility index (Phi) is 4.76. The molecule has 0 aromatic heterocycles. The van der Waals surface area contributed by atoms with Gasteiger partial charge in [-0.2, -0.15) is 0 Å². The zero-order valence-electron chi connectivity index (χ0n) is 10.8. The van der Waals surface area contributed by atoms with Crippen LogP contribution in [-0.2, 0) is 20.9 Å². The molecule has 1 aromatic carbocycles. The van der Waals surface area contributed by atoms with Crippen LogP contribution in [0.5, 0.6) is 0 Å². The van der Waals surface area contributed by atoms with Crippen LogP contribution in [0.1, 0.15) is 25.3 Å². The fourth-order valence-corrected chi connectivity index (χ4v) is 2.10. The minimum atomic E-state index is -0.0365. The summed E-state index contributed by atoms with van der Waals surface area (Å²) in [7, 11) is 0. The predicted octanol–water partition coefficient (Wildman–Crippen LogP) is 2.79. The first-order chi connectivity index (χ1) is 8.81. The van der Waals surface area contributed by atoms with E-state index in [0.29, 0.717) is 19.1 Å². The summed E-state index contributed by atoms with van der Waals surface area (Å²) in [6.45, 7) is 3.69. The second-order valence-corrected chi connectivity index (χ2v) is 4.68. The first-order valence-corrected chi connectivity index (χ1v) is 6.59. The van der Waals surface area contributed by atoms with Gasteiger partial charge in [0.25, 0.3) is 0 Å². The van der Waals surface area contributed by atoms with E-state index in [-0.39, 0.29) is 11.9 Å². The molecule has 0 amide bonds. The summed E-state index contributed by atoms with van der Waals surface area (Å²) in [5.74, 6) is 0.565. The molecule has 3 heteroatoms. The largest absolute Gasteiger partial charge is 0.466 e. The molecule has 0 saturated heterocycles. The fourth-order valence-electron chi connectivity index (χ4n) is 2.10. The van der Waals surface area contributed by atoms with Crippen LogP contribution in [0.15, 0.2) is 30.3 Å². The van der Waals surface area contributed by atoms with Crippen molar-refractivity contribution in [3.8, 4) is 0 Å². The van der Waals surface area contributed by atoms with E-state index in [1.165, 1.54) is 5.56 Å². The van der Waals surface area contributed by atoms with E-state index in [0.717, 1.165) is 19.4 Å². The highest BCUT2D eigenvalue weighted by Crippen LogP contribution is 2.42. The summed E-state index contributed by atoms with van der Waals surface area (Å²) in [6.07, 6.45) is 1.92. The number of esters is 1. The molecule has 0 spiro atoms. The fraction of sp³-hybridized carbons (Fsp3) is 0.533. The van der Waals surface area contributed by atoms with Gasteiger partial charge >= 0.3 is 5.97 Å². The zero-order valence-corrected chi connectivity index (χ0v) is 10.8. The predicted molar refractivity (Wildman–Crippen MR) is 68.9 cm³/mol.